The van der Waals surface area contributed by atoms with Gasteiger partial charge in [-0.05, 0) is 96.3 Å². The van der Waals surface area contributed by atoms with Crippen molar-refractivity contribution in [2.45, 2.75) is 213 Å². The Morgan fingerprint density at radius 1 is 0.426 bits per heavy atom. The smallest absolute Gasteiger partial charge is 0.462 e. The number of phosphoric acid groups is 1. The van der Waals surface area contributed by atoms with Gasteiger partial charge in [-0.15, -0.1) is 0 Å². The highest BCUT2D eigenvalue weighted by Gasteiger charge is 2.28. The Kier molecular flexibility index (Phi) is 47.2. The average Bonchev–Trinajstić information content (AvgIpc) is 3.32. The lowest BCUT2D eigenvalue weighted by molar-refractivity contribution is -0.161. The average molecular weight is 973 g/mol. The third-order valence-electron chi connectivity index (χ3n) is 10.5. The largest absolute Gasteiger partial charge is 0.472 e. The van der Waals surface area contributed by atoms with Gasteiger partial charge in [-0.1, -0.05) is 182 Å². The Morgan fingerprint density at radius 3 is 1.28 bits per heavy atom. The van der Waals surface area contributed by atoms with Crippen molar-refractivity contribution in [2.75, 3.05) is 26.4 Å². The first-order valence-corrected chi connectivity index (χ1v) is 27.6. The molecular formula is C56H93O11P. The number of phosphoric ester groups is 1. The van der Waals surface area contributed by atoms with Gasteiger partial charge in [-0.2, -0.15) is 0 Å². The molecule has 0 aliphatic rings. The highest BCUT2D eigenvalue weighted by molar-refractivity contribution is 7.47. The van der Waals surface area contributed by atoms with E-state index in [1.165, 1.54) is 25.7 Å². The number of esters is 3. The number of aliphatic hydroxyl groups is 1. The van der Waals surface area contributed by atoms with Crippen molar-refractivity contribution in [3.8, 4) is 0 Å². The fraction of sp³-hybridized carbons (Fsp3) is 0.661. The van der Waals surface area contributed by atoms with Crippen LogP contribution in [0.15, 0.2) is 97.2 Å². The number of rotatable bonds is 47. The standard InChI is InChI=1S/C56H93O11P/c1-4-7-10-13-16-19-22-24-25-26-27-29-31-33-36-39-42-45-54(58)63-49-53(67-56(60)47-44-41-38-35-32-28-23-20-17-14-11-8-5-2)51-65-68(61,62)64-50-52(48-57)66-55(59)46-43-40-37-34-30-21-18-15-12-9-6-3/h7-8,10-11,15-20,24-25,28,32,38,41,52-53,57H,4-6,9,12-14,21-23,26-27,29-31,33-37,39-40,42-51H2,1-3H3,(H,61,62)/b10-7-,11-8-,18-15-,19-16-,20-17-,25-24-,32-28-,41-38-. The Bertz CT molecular complexity index is 1510. The highest BCUT2D eigenvalue weighted by atomic mass is 31.2. The number of unbranched alkanes of at least 4 members (excludes halogenated alkanes) is 14. The first-order chi connectivity index (χ1) is 33.2. The summed E-state index contributed by atoms with van der Waals surface area (Å²) >= 11 is 0. The number of ether oxygens (including phenoxy) is 3. The van der Waals surface area contributed by atoms with Crippen LogP contribution in [-0.4, -0.2) is 66.5 Å². The number of carbonyl (C=O) groups excluding carboxylic acids is 3. The van der Waals surface area contributed by atoms with E-state index < -0.39 is 57.8 Å². The van der Waals surface area contributed by atoms with Crippen molar-refractivity contribution in [1.82, 2.24) is 0 Å². The van der Waals surface area contributed by atoms with Crippen molar-refractivity contribution < 1.29 is 52.2 Å². The zero-order valence-corrected chi connectivity index (χ0v) is 43.4. The molecule has 68 heavy (non-hydrogen) atoms. The van der Waals surface area contributed by atoms with E-state index in [0.29, 0.717) is 19.3 Å². The summed E-state index contributed by atoms with van der Waals surface area (Å²) < 4.78 is 39.2. The van der Waals surface area contributed by atoms with Crippen LogP contribution in [-0.2, 0) is 42.2 Å². The molecule has 0 rings (SSSR count). The molecule has 0 saturated carbocycles. The summed E-state index contributed by atoms with van der Waals surface area (Å²) in [5.41, 5.74) is 0. The van der Waals surface area contributed by atoms with Crippen molar-refractivity contribution in [1.29, 1.82) is 0 Å². The molecule has 0 amide bonds. The first-order valence-electron chi connectivity index (χ1n) is 26.1. The van der Waals surface area contributed by atoms with E-state index in [2.05, 4.69) is 106 Å². The van der Waals surface area contributed by atoms with Gasteiger partial charge in [-0.3, -0.25) is 23.4 Å². The van der Waals surface area contributed by atoms with E-state index in [-0.39, 0.29) is 25.9 Å². The maximum atomic E-state index is 12.8. The second-order valence-electron chi connectivity index (χ2n) is 16.9. The van der Waals surface area contributed by atoms with E-state index in [1.54, 1.807) is 0 Å². The lowest BCUT2D eigenvalue weighted by Crippen LogP contribution is -2.30. The Hall–Kier alpha value is -3.60. The van der Waals surface area contributed by atoms with Gasteiger partial charge in [0.1, 0.15) is 12.7 Å². The molecule has 0 bridgehead atoms. The molecule has 3 unspecified atom stereocenters. The molecule has 11 nitrogen and oxygen atoms in total. The lowest BCUT2D eigenvalue weighted by atomic mass is 10.1. The van der Waals surface area contributed by atoms with Crippen LogP contribution in [0, 0.1) is 0 Å². The normalized spacial score (nSPS) is 14.2. The fourth-order valence-electron chi connectivity index (χ4n) is 6.54. The molecule has 0 aromatic rings. The van der Waals surface area contributed by atoms with Crippen molar-refractivity contribution >= 4 is 25.7 Å². The molecule has 0 saturated heterocycles. The Balaban J connectivity index is 4.83. The molecule has 0 aromatic heterocycles. The van der Waals surface area contributed by atoms with Crippen LogP contribution in [0.5, 0.6) is 0 Å². The molecule has 2 N–H and O–H groups in total. The quantitative estimate of drug-likeness (QED) is 0.0197. The van der Waals surface area contributed by atoms with Crippen LogP contribution in [0.2, 0.25) is 0 Å². The SMILES string of the molecule is CC/C=C\C/C=C\C/C=C\C/C=C\CCC(=O)OC(COC(=O)CCCCCCCCC/C=C\C/C=C\C/C=C\CC)COP(=O)(O)OCC(CO)OC(=O)CCCCCCC/C=C\CCCC. The van der Waals surface area contributed by atoms with Crippen molar-refractivity contribution in [3.05, 3.63) is 97.2 Å². The van der Waals surface area contributed by atoms with Gasteiger partial charge in [0.15, 0.2) is 6.10 Å². The lowest BCUT2D eigenvalue weighted by Gasteiger charge is -2.21. The van der Waals surface area contributed by atoms with Crippen LogP contribution in [0.25, 0.3) is 0 Å². The van der Waals surface area contributed by atoms with E-state index in [0.717, 1.165) is 116 Å². The molecule has 388 valence electrons. The summed E-state index contributed by atoms with van der Waals surface area (Å²) in [6.45, 7) is 4.24. The summed E-state index contributed by atoms with van der Waals surface area (Å²) in [6.07, 6.45) is 56.8. The van der Waals surface area contributed by atoms with Crippen molar-refractivity contribution in [2.24, 2.45) is 0 Å². The number of hydrogen-bond donors (Lipinski definition) is 2. The van der Waals surface area contributed by atoms with Crippen LogP contribution < -0.4 is 0 Å². The van der Waals surface area contributed by atoms with Crippen LogP contribution in [0.4, 0.5) is 0 Å². The molecular weight excluding hydrogens is 880 g/mol. The van der Waals surface area contributed by atoms with Gasteiger partial charge in [0.2, 0.25) is 0 Å². The predicted octanol–water partition coefficient (Wildman–Crippen LogP) is 14.9. The molecule has 0 aliphatic carbocycles. The second-order valence-corrected chi connectivity index (χ2v) is 18.4. The maximum absolute atomic E-state index is 12.8. The van der Waals surface area contributed by atoms with Gasteiger partial charge in [0.25, 0.3) is 0 Å². The number of hydrogen-bond acceptors (Lipinski definition) is 10. The second kappa shape index (κ2) is 49.8. The molecule has 12 heteroatoms. The number of allylic oxidation sites excluding steroid dienone is 16. The van der Waals surface area contributed by atoms with E-state index in [4.69, 9.17) is 23.3 Å². The third kappa shape index (κ3) is 47.5. The summed E-state index contributed by atoms with van der Waals surface area (Å²) in [7, 11) is -4.77. The summed E-state index contributed by atoms with van der Waals surface area (Å²) in [4.78, 5) is 48.3. The molecule has 0 fully saturated rings. The molecule has 0 radical (unpaired) electrons. The number of aliphatic hydroxyl groups excluding tert-OH is 1. The van der Waals surface area contributed by atoms with Crippen LogP contribution in [0.1, 0.15) is 201 Å². The van der Waals surface area contributed by atoms with Crippen molar-refractivity contribution in [3.63, 3.8) is 0 Å². The minimum atomic E-state index is -4.77. The highest BCUT2D eigenvalue weighted by Crippen LogP contribution is 2.43. The van der Waals surface area contributed by atoms with Gasteiger partial charge in [0.05, 0.1) is 19.8 Å². The summed E-state index contributed by atoms with van der Waals surface area (Å²) in [5, 5.41) is 9.76. The number of carbonyl (C=O) groups is 3. The van der Waals surface area contributed by atoms with Gasteiger partial charge >= 0.3 is 25.7 Å². The summed E-state index contributed by atoms with van der Waals surface area (Å²) in [5.74, 6) is -1.59. The van der Waals surface area contributed by atoms with E-state index in [1.807, 2.05) is 12.2 Å². The van der Waals surface area contributed by atoms with Crippen LogP contribution >= 0.6 is 7.82 Å². The van der Waals surface area contributed by atoms with Gasteiger partial charge in [0, 0.05) is 19.3 Å². The topological polar surface area (TPSA) is 155 Å². The zero-order chi connectivity index (χ0) is 49.9. The fourth-order valence-corrected chi connectivity index (χ4v) is 7.32. The molecule has 0 spiro atoms. The van der Waals surface area contributed by atoms with Gasteiger partial charge in [-0.25, -0.2) is 4.57 Å². The Morgan fingerprint density at radius 2 is 0.794 bits per heavy atom. The summed E-state index contributed by atoms with van der Waals surface area (Å²) in [6, 6.07) is 0. The predicted molar refractivity (Wildman–Crippen MR) is 279 cm³/mol. The minimum Gasteiger partial charge on any atom is -0.462 e. The first kappa shape index (κ1) is 64.4. The molecule has 0 aromatic carbocycles. The Labute approximate surface area is 412 Å². The third-order valence-corrected chi connectivity index (χ3v) is 11.4. The molecule has 3 atom stereocenters. The van der Waals surface area contributed by atoms with Gasteiger partial charge < -0.3 is 24.2 Å². The maximum Gasteiger partial charge on any atom is 0.472 e. The monoisotopic (exact) mass is 973 g/mol. The molecule has 0 heterocycles. The van der Waals surface area contributed by atoms with E-state index >= 15 is 0 Å². The minimum absolute atomic E-state index is 0.0397. The zero-order valence-electron chi connectivity index (χ0n) is 42.5. The van der Waals surface area contributed by atoms with E-state index in [9.17, 15) is 28.9 Å². The van der Waals surface area contributed by atoms with Crippen LogP contribution in [0.3, 0.4) is 0 Å². The molecule has 0 aliphatic heterocycles.